The number of rotatable bonds is 3. The molecule has 0 saturated carbocycles. The van der Waals surface area contributed by atoms with Crippen LogP contribution in [-0.4, -0.2) is 28.0 Å². The van der Waals surface area contributed by atoms with Crippen LogP contribution in [0.3, 0.4) is 0 Å². The van der Waals surface area contributed by atoms with Gasteiger partial charge in [0.1, 0.15) is 0 Å². The number of hydrazine groups is 1. The minimum absolute atomic E-state index is 0.0949. The highest BCUT2D eigenvalue weighted by molar-refractivity contribution is 5.94. The number of amides is 1. The zero-order valence-electron chi connectivity index (χ0n) is 11.3. The number of aliphatic carboxylic acids is 1. The molecule has 1 aliphatic heterocycles. The topological polar surface area (TPSA) is 69.6 Å². The van der Waals surface area contributed by atoms with Gasteiger partial charge in [-0.3, -0.25) is 10.2 Å². The Hall–Kier alpha value is -1.78. The van der Waals surface area contributed by atoms with Gasteiger partial charge in [0.25, 0.3) is 5.91 Å². The fourth-order valence-electron chi connectivity index (χ4n) is 2.97. The van der Waals surface area contributed by atoms with Gasteiger partial charge >= 0.3 is 5.97 Å². The number of allylic oxidation sites excluding steroid dienone is 1. The summed E-state index contributed by atoms with van der Waals surface area (Å²) in [7, 11) is 0. The van der Waals surface area contributed by atoms with Crippen molar-refractivity contribution in [1.29, 1.82) is 0 Å². The summed E-state index contributed by atoms with van der Waals surface area (Å²) in [5.74, 6) is -0.721. The Balaban J connectivity index is 2.20. The minimum atomic E-state index is -1.11. The van der Waals surface area contributed by atoms with Crippen molar-refractivity contribution >= 4 is 11.9 Å². The second-order valence-electron chi connectivity index (χ2n) is 5.42. The summed E-state index contributed by atoms with van der Waals surface area (Å²) in [6.45, 7) is 4.18. The lowest BCUT2D eigenvalue weighted by Crippen LogP contribution is -2.44. The van der Waals surface area contributed by atoms with Crippen LogP contribution in [0.5, 0.6) is 0 Å². The first-order valence-electron chi connectivity index (χ1n) is 6.71. The standard InChI is InChI=1S/C14H20N2O3/c1-9(2)14-10-5-3-4-6-11(10)15-16(14)12(17)7-8-13(18)19/h6-10,14-15H,3-5H2,1-2H3,(H,18,19)/b8-7+/t10-,14+/m0/s1. The van der Waals surface area contributed by atoms with Crippen LogP contribution in [0, 0.1) is 11.8 Å². The van der Waals surface area contributed by atoms with Crippen LogP contribution in [0.15, 0.2) is 23.9 Å². The van der Waals surface area contributed by atoms with Crippen LogP contribution in [0.2, 0.25) is 0 Å². The van der Waals surface area contributed by atoms with E-state index < -0.39 is 5.97 Å². The molecule has 2 rings (SSSR count). The molecular weight excluding hydrogens is 244 g/mol. The van der Waals surface area contributed by atoms with Gasteiger partial charge in [0, 0.05) is 23.8 Å². The van der Waals surface area contributed by atoms with Crippen molar-refractivity contribution in [2.75, 3.05) is 0 Å². The zero-order valence-corrected chi connectivity index (χ0v) is 11.3. The second kappa shape index (κ2) is 5.47. The molecule has 0 aromatic carbocycles. The summed E-state index contributed by atoms with van der Waals surface area (Å²) in [6, 6.07) is 0.0949. The molecule has 104 valence electrons. The molecule has 1 aliphatic carbocycles. The third-order valence-electron chi connectivity index (χ3n) is 3.73. The van der Waals surface area contributed by atoms with E-state index in [1.54, 1.807) is 5.01 Å². The Morgan fingerprint density at radius 2 is 2.21 bits per heavy atom. The molecule has 1 heterocycles. The summed E-state index contributed by atoms with van der Waals surface area (Å²) in [5.41, 5.74) is 4.26. The Morgan fingerprint density at radius 3 is 2.84 bits per heavy atom. The Morgan fingerprint density at radius 1 is 1.47 bits per heavy atom. The number of carboxylic acids is 1. The molecule has 0 bridgehead atoms. The van der Waals surface area contributed by atoms with Gasteiger partial charge in [0.05, 0.1) is 6.04 Å². The van der Waals surface area contributed by atoms with E-state index in [9.17, 15) is 9.59 Å². The number of carbonyl (C=O) groups is 2. The highest BCUT2D eigenvalue weighted by Crippen LogP contribution is 2.37. The van der Waals surface area contributed by atoms with Crippen molar-refractivity contribution in [3.63, 3.8) is 0 Å². The lowest BCUT2D eigenvalue weighted by Gasteiger charge is -2.29. The summed E-state index contributed by atoms with van der Waals surface area (Å²) < 4.78 is 0. The number of carboxylic acid groups (broad SMARTS) is 1. The van der Waals surface area contributed by atoms with Crippen molar-refractivity contribution in [3.8, 4) is 0 Å². The van der Waals surface area contributed by atoms with E-state index in [4.69, 9.17) is 5.11 Å². The molecule has 0 unspecified atom stereocenters. The maximum atomic E-state index is 12.1. The molecule has 5 heteroatoms. The van der Waals surface area contributed by atoms with Gasteiger partial charge in [0.2, 0.25) is 0 Å². The molecule has 5 nitrogen and oxygen atoms in total. The summed E-state index contributed by atoms with van der Waals surface area (Å²) in [6.07, 6.45) is 7.41. The Labute approximate surface area is 112 Å². The molecule has 2 aliphatic rings. The third kappa shape index (κ3) is 2.80. The molecule has 0 radical (unpaired) electrons. The first-order valence-corrected chi connectivity index (χ1v) is 6.71. The minimum Gasteiger partial charge on any atom is -0.478 e. The number of fused-ring (bicyclic) bond motifs is 1. The summed E-state index contributed by atoms with van der Waals surface area (Å²) in [5, 5.41) is 10.2. The molecule has 1 amide bonds. The molecule has 2 N–H and O–H groups in total. The molecule has 1 saturated heterocycles. The van der Waals surface area contributed by atoms with Crippen molar-refractivity contribution in [1.82, 2.24) is 10.4 Å². The summed E-state index contributed by atoms with van der Waals surface area (Å²) >= 11 is 0. The van der Waals surface area contributed by atoms with E-state index in [0.29, 0.717) is 11.8 Å². The largest absolute Gasteiger partial charge is 0.478 e. The molecule has 19 heavy (non-hydrogen) atoms. The quantitative estimate of drug-likeness (QED) is 0.761. The van der Waals surface area contributed by atoms with Crippen LogP contribution in [0.1, 0.15) is 33.1 Å². The predicted octanol–water partition coefficient (Wildman–Crippen LogP) is 1.68. The van der Waals surface area contributed by atoms with Crippen LogP contribution < -0.4 is 5.43 Å². The molecule has 0 aromatic heterocycles. The molecule has 0 spiro atoms. The Kier molecular flexibility index (Phi) is 3.93. The van der Waals surface area contributed by atoms with E-state index >= 15 is 0 Å². The number of nitrogens with zero attached hydrogens (tertiary/aromatic N) is 1. The lowest BCUT2D eigenvalue weighted by atomic mass is 9.83. The first kappa shape index (κ1) is 13.6. The average Bonchev–Trinajstić information content (AvgIpc) is 2.75. The number of carbonyl (C=O) groups excluding carboxylic acids is 1. The van der Waals surface area contributed by atoms with Crippen LogP contribution >= 0.6 is 0 Å². The van der Waals surface area contributed by atoms with Crippen LogP contribution in [-0.2, 0) is 9.59 Å². The number of nitrogens with one attached hydrogen (secondary N) is 1. The maximum absolute atomic E-state index is 12.1. The smallest absolute Gasteiger partial charge is 0.328 e. The van der Waals surface area contributed by atoms with Crippen molar-refractivity contribution < 1.29 is 14.7 Å². The van der Waals surface area contributed by atoms with Gasteiger partial charge in [-0.1, -0.05) is 19.9 Å². The van der Waals surface area contributed by atoms with E-state index in [1.165, 1.54) is 0 Å². The van der Waals surface area contributed by atoms with Gasteiger partial charge in [-0.15, -0.1) is 0 Å². The zero-order chi connectivity index (χ0) is 14.0. The van der Waals surface area contributed by atoms with Crippen molar-refractivity contribution in [2.45, 2.75) is 39.2 Å². The second-order valence-corrected chi connectivity index (χ2v) is 5.42. The lowest BCUT2D eigenvalue weighted by molar-refractivity contribution is -0.133. The highest BCUT2D eigenvalue weighted by Gasteiger charge is 2.41. The first-order chi connectivity index (χ1) is 9.00. The molecule has 2 atom stereocenters. The van der Waals surface area contributed by atoms with Gasteiger partial charge in [-0.05, 0) is 25.2 Å². The van der Waals surface area contributed by atoms with Gasteiger partial charge in [-0.25, -0.2) is 9.80 Å². The van der Waals surface area contributed by atoms with E-state index in [2.05, 4.69) is 25.3 Å². The van der Waals surface area contributed by atoms with E-state index in [0.717, 1.165) is 37.1 Å². The fourth-order valence-corrected chi connectivity index (χ4v) is 2.97. The maximum Gasteiger partial charge on any atom is 0.328 e. The van der Waals surface area contributed by atoms with E-state index in [1.807, 2.05) is 0 Å². The SMILES string of the molecule is CC(C)[C@@H]1[C@H]2CCCC=C2NN1C(=O)/C=C/C(=O)O. The number of hydrogen-bond acceptors (Lipinski definition) is 3. The van der Waals surface area contributed by atoms with Crippen molar-refractivity contribution in [2.24, 2.45) is 11.8 Å². The van der Waals surface area contributed by atoms with Crippen LogP contribution in [0.4, 0.5) is 0 Å². The average molecular weight is 264 g/mol. The highest BCUT2D eigenvalue weighted by atomic mass is 16.4. The molecular formula is C14H20N2O3. The van der Waals surface area contributed by atoms with Crippen LogP contribution in [0.25, 0.3) is 0 Å². The third-order valence-corrected chi connectivity index (χ3v) is 3.73. The summed E-state index contributed by atoms with van der Waals surface area (Å²) in [4.78, 5) is 22.6. The fraction of sp³-hybridized carbons (Fsp3) is 0.571. The van der Waals surface area contributed by atoms with Gasteiger partial charge in [-0.2, -0.15) is 0 Å². The predicted molar refractivity (Wildman–Crippen MR) is 70.8 cm³/mol. The van der Waals surface area contributed by atoms with Crippen molar-refractivity contribution in [3.05, 3.63) is 23.9 Å². The monoisotopic (exact) mass is 264 g/mol. The van der Waals surface area contributed by atoms with Gasteiger partial charge in [0.15, 0.2) is 0 Å². The van der Waals surface area contributed by atoms with Gasteiger partial charge < -0.3 is 5.11 Å². The molecule has 1 fully saturated rings. The van der Waals surface area contributed by atoms with E-state index in [-0.39, 0.29) is 11.9 Å². The number of hydrogen-bond donors (Lipinski definition) is 2. The Bertz CT molecular complexity index is 440. The normalized spacial score (nSPS) is 26.3. The molecule has 0 aromatic rings.